The highest BCUT2D eigenvalue weighted by molar-refractivity contribution is 6.30. The van der Waals surface area contributed by atoms with Gasteiger partial charge in [-0.1, -0.05) is 66.7 Å². The molecule has 0 unspecified atom stereocenters. The summed E-state index contributed by atoms with van der Waals surface area (Å²) in [5, 5.41) is 2.01. The van der Waals surface area contributed by atoms with Gasteiger partial charge in [-0.2, -0.15) is 0 Å². The van der Waals surface area contributed by atoms with Crippen molar-refractivity contribution in [2.24, 2.45) is 25.0 Å². The number of carbonyl (C=O) groups excluding carboxylic acids is 1. The molecule has 0 spiro atoms. The number of Topliss-reactive ketones (excluding diaryl/α,β-unsaturated/α-hetero) is 1. The van der Waals surface area contributed by atoms with Gasteiger partial charge in [-0.15, -0.1) is 0 Å². The van der Waals surface area contributed by atoms with Crippen LogP contribution in [0.3, 0.4) is 0 Å². The minimum absolute atomic E-state index is 0.0427. The first kappa shape index (κ1) is 18.7. The highest BCUT2D eigenvalue weighted by Crippen LogP contribution is 2.47. The van der Waals surface area contributed by atoms with Crippen molar-refractivity contribution >= 4 is 28.1 Å². The molecule has 1 aliphatic carbocycles. The zero-order valence-electron chi connectivity index (χ0n) is 17.6. The van der Waals surface area contributed by atoms with E-state index in [1.54, 1.807) is 13.1 Å². The smallest absolute Gasteiger partial charge is 0.293 e. The summed E-state index contributed by atoms with van der Waals surface area (Å²) in [7, 11) is 3.09. The Labute approximate surface area is 183 Å². The molecular weight excluding hydrogens is 402 g/mol. The largest absolute Gasteiger partial charge is 0.332 e. The first-order chi connectivity index (χ1) is 15.5. The Hall–Kier alpha value is -4.06. The summed E-state index contributed by atoms with van der Waals surface area (Å²) in [6, 6.07) is 21.3. The van der Waals surface area contributed by atoms with Crippen LogP contribution >= 0.6 is 0 Å². The molecule has 6 heteroatoms. The van der Waals surface area contributed by atoms with Gasteiger partial charge in [0.15, 0.2) is 5.78 Å². The van der Waals surface area contributed by atoms with E-state index in [-0.39, 0.29) is 5.78 Å². The summed E-state index contributed by atoms with van der Waals surface area (Å²) >= 11 is 0. The minimum Gasteiger partial charge on any atom is -0.293 e. The first-order valence-corrected chi connectivity index (χ1v) is 10.5. The molecule has 0 radical (unpaired) electrons. The second-order valence-electron chi connectivity index (χ2n) is 8.37. The van der Waals surface area contributed by atoms with Crippen molar-refractivity contribution in [2.45, 2.75) is 5.92 Å². The Morgan fingerprint density at radius 2 is 1.44 bits per heavy atom. The Kier molecular flexibility index (Phi) is 3.78. The third kappa shape index (κ3) is 2.29. The lowest BCUT2D eigenvalue weighted by Crippen LogP contribution is -2.43. The highest BCUT2D eigenvalue weighted by atomic mass is 16.2. The van der Waals surface area contributed by atoms with Gasteiger partial charge in [-0.25, -0.2) is 9.79 Å². The van der Waals surface area contributed by atoms with Gasteiger partial charge in [0.1, 0.15) is 5.82 Å². The van der Waals surface area contributed by atoms with Gasteiger partial charge in [-0.05, 0) is 16.3 Å². The predicted octanol–water partition coefficient (Wildman–Crippen LogP) is 3.32. The van der Waals surface area contributed by atoms with E-state index in [4.69, 9.17) is 4.99 Å². The number of benzene rings is 3. The number of hydrogen-bond donors (Lipinski definition) is 0. The van der Waals surface area contributed by atoms with E-state index in [1.165, 1.54) is 11.6 Å². The van der Waals surface area contributed by atoms with Crippen molar-refractivity contribution in [1.82, 2.24) is 9.13 Å². The van der Waals surface area contributed by atoms with Crippen LogP contribution in [0, 0.1) is 5.92 Å². The normalized spacial score (nSPS) is 18.8. The summed E-state index contributed by atoms with van der Waals surface area (Å²) in [4.78, 5) is 44.6. The van der Waals surface area contributed by atoms with E-state index >= 15 is 0 Å². The lowest BCUT2D eigenvalue weighted by molar-refractivity contribution is 0.0953. The summed E-state index contributed by atoms with van der Waals surface area (Å²) in [6.45, 7) is 0. The van der Waals surface area contributed by atoms with Crippen LogP contribution in [0.2, 0.25) is 0 Å². The standard InChI is InChI=1S/C26H19N3O3/c1-28-24-21(25(31)29(2)26(28)32)19(16-13-7-9-14-8-3-4-10-15(14)16)20-22(27-24)17-11-5-6-12-18(17)23(20)30/h3-13,19-20H,1-2H3/t19-,20-/m0/s1. The second-order valence-corrected chi connectivity index (χ2v) is 8.37. The number of rotatable bonds is 1. The molecule has 32 heavy (non-hydrogen) atoms. The first-order valence-electron chi connectivity index (χ1n) is 10.5. The Bertz CT molecular complexity index is 1620. The summed E-state index contributed by atoms with van der Waals surface area (Å²) < 4.78 is 2.51. The molecule has 156 valence electrons. The predicted molar refractivity (Wildman–Crippen MR) is 123 cm³/mol. The third-order valence-electron chi connectivity index (χ3n) is 6.74. The molecule has 0 bridgehead atoms. The Morgan fingerprint density at radius 3 is 2.25 bits per heavy atom. The van der Waals surface area contributed by atoms with Crippen LogP contribution in [-0.2, 0) is 14.1 Å². The third-order valence-corrected chi connectivity index (χ3v) is 6.74. The number of ketones is 1. The molecule has 2 atom stereocenters. The maximum Gasteiger partial charge on any atom is 0.332 e. The molecule has 2 aliphatic rings. The van der Waals surface area contributed by atoms with Crippen molar-refractivity contribution in [3.05, 3.63) is 110 Å². The zero-order chi connectivity index (χ0) is 22.1. The van der Waals surface area contributed by atoms with Crippen LogP contribution in [0.5, 0.6) is 0 Å². The summed E-state index contributed by atoms with van der Waals surface area (Å²) in [5.41, 5.74) is 2.43. The quantitative estimate of drug-likeness (QED) is 0.473. The number of aliphatic imine (C=N–C) groups is 1. The van der Waals surface area contributed by atoms with Gasteiger partial charge in [-0.3, -0.25) is 18.7 Å². The molecule has 0 saturated heterocycles. The van der Waals surface area contributed by atoms with Crippen molar-refractivity contribution < 1.29 is 4.79 Å². The fourth-order valence-electron chi connectivity index (χ4n) is 5.22. The van der Waals surface area contributed by atoms with Crippen LogP contribution in [-0.4, -0.2) is 20.6 Å². The fourth-order valence-corrected chi connectivity index (χ4v) is 5.22. The lowest BCUT2D eigenvalue weighted by atomic mass is 9.75. The molecule has 0 fully saturated rings. The van der Waals surface area contributed by atoms with Crippen molar-refractivity contribution in [2.75, 3.05) is 0 Å². The van der Waals surface area contributed by atoms with Gasteiger partial charge in [0.2, 0.25) is 0 Å². The molecule has 3 aromatic carbocycles. The fraction of sp³-hybridized carbons (Fsp3) is 0.154. The van der Waals surface area contributed by atoms with E-state index in [9.17, 15) is 14.4 Å². The van der Waals surface area contributed by atoms with Crippen molar-refractivity contribution in [1.29, 1.82) is 0 Å². The van der Waals surface area contributed by atoms with Gasteiger partial charge in [0.25, 0.3) is 5.56 Å². The van der Waals surface area contributed by atoms with Crippen molar-refractivity contribution in [3.8, 4) is 0 Å². The number of nitrogens with zero attached hydrogens (tertiary/aromatic N) is 3. The molecule has 0 saturated carbocycles. The van der Waals surface area contributed by atoms with Crippen molar-refractivity contribution in [3.63, 3.8) is 0 Å². The van der Waals surface area contributed by atoms with Crippen LogP contribution < -0.4 is 11.2 Å². The average Bonchev–Trinajstić information content (AvgIpc) is 3.12. The van der Waals surface area contributed by atoms with Gasteiger partial charge < -0.3 is 0 Å². The van der Waals surface area contributed by atoms with E-state index in [0.29, 0.717) is 22.7 Å². The van der Waals surface area contributed by atoms with Crippen LogP contribution in [0.1, 0.15) is 33.0 Å². The topological polar surface area (TPSA) is 73.4 Å². The van der Waals surface area contributed by atoms with E-state index < -0.39 is 23.1 Å². The summed E-state index contributed by atoms with van der Waals surface area (Å²) in [6.07, 6.45) is 0. The number of hydrogen-bond acceptors (Lipinski definition) is 4. The monoisotopic (exact) mass is 421 g/mol. The minimum atomic E-state index is -0.615. The molecule has 6 nitrogen and oxygen atoms in total. The Balaban J connectivity index is 1.78. The second kappa shape index (κ2) is 6.47. The van der Waals surface area contributed by atoms with E-state index in [2.05, 4.69) is 0 Å². The van der Waals surface area contributed by atoms with Crippen LogP contribution in [0.15, 0.2) is 81.3 Å². The lowest BCUT2D eigenvalue weighted by Gasteiger charge is -2.30. The van der Waals surface area contributed by atoms with Crippen LogP contribution in [0.4, 0.5) is 5.82 Å². The number of aromatic nitrogens is 2. The number of fused-ring (bicyclic) bond motifs is 5. The molecule has 1 aromatic heterocycles. The molecule has 0 N–H and O–H groups in total. The Morgan fingerprint density at radius 1 is 0.750 bits per heavy atom. The van der Waals surface area contributed by atoms with Gasteiger partial charge >= 0.3 is 5.69 Å². The SMILES string of the molecule is Cn1c2c(c(=O)n(C)c1=O)[C@@H](c1cccc3ccccc13)[C@@H]1C(=O)c3ccccc3C1=N2. The average molecular weight is 421 g/mol. The number of carbonyl (C=O) groups is 1. The van der Waals surface area contributed by atoms with Gasteiger partial charge in [0.05, 0.1) is 17.2 Å². The van der Waals surface area contributed by atoms with Gasteiger partial charge in [0, 0.05) is 31.1 Å². The highest BCUT2D eigenvalue weighted by Gasteiger charge is 2.48. The van der Waals surface area contributed by atoms with Crippen LogP contribution in [0.25, 0.3) is 10.8 Å². The molecule has 0 amide bonds. The zero-order valence-corrected chi connectivity index (χ0v) is 17.6. The maximum atomic E-state index is 13.7. The molecule has 4 aromatic rings. The molecular formula is C26H19N3O3. The van der Waals surface area contributed by atoms with E-state index in [1.807, 2.05) is 60.7 Å². The summed E-state index contributed by atoms with van der Waals surface area (Å²) in [5.74, 6) is -0.879. The maximum absolute atomic E-state index is 13.7. The molecule has 6 rings (SSSR count). The molecule has 2 heterocycles. The van der Waals surface area contributed by atoms with E-state index in [0.717, 1.165) is 26.5 Å². The molecule has 1 aliphatic heterocycles.